The van der Waals surface area contributed by atoms with E-state index in [-0.39, 0.29) is 17.4 Å². The summed E-state index contributed by atoms with van der Waals surface area (Å²) in [6.45, 7) is 1.70. The van der Waals surface area contributed by atoms with Gasteiger partial charge in [0.15, 0.2) is 0 Å². The number of aromatic nitrogens is 3. The second kappa shape index (κ2) is 7.44. The molecule has 5 N–H and O–H groups in total. The number of nitrogens with zero attached hydrogens (tertiary/aromatic N) is 3. The molecule has 0 spiro atoms. The molecule has 0 saturated heterocycles. The molecule has 0 bridgehead atoms. The van der Waals surface area contributed by atoms with Crippen molar-refractivity contribution in [1.29, 1.82) is 0 Å². The number of amides is 1. The summed E-state index contributed by atoms with van der Waals surface area (Å²) in [6.07, 6.45) is 0.761. The number of carboxylic acid groups (broad SMARTS) is 1. The van der Waals surface area contributed by atoms with Crippen LogP contribution in [0, 0.1) is 5.41 Å². The van der Waals surface area contributed by atoms with Crippen molar-refractivity contribution in [2.75, 3.05) is 5.73 Å². The van der Waals surface area contributed by atoms with Crippen LogP contribution >= 0.6 is 0 Å². The number of carboxylic acids is 1. The lowest BCUT2D eigenvalue weighted by Crippen LogP contribution is -2.42. The van der Waals surface area contributed by atoms with Crippen LogP contribution in [0.1, 0.15) is 36.2 Å². The van der Waals surface area contributed by atoms with Crippen LogP contribution in [0.4, 0.5) is 5.82 Å². The van der Waals surface area contributed by atoms with Crippen LogP contribution in [-0.2, 0) is 4.79 Å². The quantitative estimate of drug-likeness (QED) is 0.430. The molecule has 1 aliphatic rings. The average molecular weight is 441 g/mol. The van der Waals surface area contributed by atoms with E-state index in [1.807, 2.05) is 60.7 Å². The molecule has 8 nitrogen and oxygen atoms in total. The number of carbonyl (C=O) groups excluding carboxylic acids is 1. The number of nitrogens with two attached hydrogens (primary N) is 2. The number of rotatable bonds is 5. The molecule has 8 heteroatoms. The van der Waals surface area contributed by atoms with E-state index in [0.29, 0.717) is 24.1 Å². The highest BCUT2D eigenvalue weighted by Gasteiger charge is 2.48. The molecule has 5 rings (SSSR count). The van der Waals surface area contributed by atoms with Gasteiger partial charge in [-0.2, -0.15) is 5.10 Å². The summed E-state index contributed by atoms with van der Waals surface area (Å²) < 4.78 is 1.54. The molecule has 2 heterocycles. The van der Waals surface area contributed by atoms with Gasteiger partial charge >= 0.3 is 5.97 Å². The van der Waals surface area contributed by atoms with Gasteiger partial charge < -0.3 is 16.6 Å². The minimum atomic E-state index is -0.852. The standard InChI is InChI=1S/C25H23N5O3/c1-25(24(32)33)12-17(13-25)30-22(26)20(23(27)31)21(29-30)16-8-7-15-9-10-18(28-19(15)11-16)14-5-3-2-4-6-14/h2-11,17H,12-13,26H2,1H3,(H2,27,31)(H,32,33)/t17-,25-. The van der Waals surface area contributed by atoms with E-state index in [1.54, 1.807) is 6.92 Å². The fourth-order valence-electron chi connectivity index (χ4n) is 4.53. The molecule has 0 atom stereocenters. The lowest BCUT2D eigenvalue weighted by atomic mass is 9.67. The zero-order chi connectivity index (χ0) is 23.3. The zero-order valence-corrected chi connectivity index (χ0v) is 18.0. The van der Waals surface area contributed by atoms with Gasteiger partial charge in [-0.3, -0.25) is 9.59 Å². The first-order chi connectivity index (χ1) is 15.8. The van der Waals surface area contributed by atoms with E-state index in [9.17, 15) is 14.7 Å². The van der Waals surface area contributed by atoms with E-state index in [0.717, 1.165) is 22.2 Å². The Morgan fingerprint density at radius 1 is 1.06 bits per heavy atom. The van der Waals surface area contributed by atoms with Crippen LogP contribution in [0.2, 0.25) is 0 Å². The summed E-state index contributed by atoms with van der Waals surface area (Å²) in [5, 5.41) is 15.0. The molecule has 1 fully saturated rings. The van der Waals surface area contributed by atoms with E-state index in [2.05, 4.69) is 5.10 Å². The van der Waals surface area contributed by atoms with Crippen molar-refractivity contribution in [3.8, 4) is 22.5 Å². The third-order valence-corrected chi connectivity index (χ3v) is 6.46. The Hall–Kier alpha value is -4.20. The van der Waals surface area contributed by atoms with Gasteiger partial charge in [-0.25, -0.2) is 9.67 Å². The van der Waals surface area contributed by atoms with Crippen molar-refractivity contribution in [2.45, 2.75) is 25.8 Å². The van der Waals surface area contributed by atoms with Crippen LogP contribution < -0.4 is 11.5 Å². The second-order valence-corrected chi connectivity index (χ2v) is 8.82. The van der Waals surface area contributed by atoms with Crippen molar-refractivity contribution in [3.63, 3.8) is 0 Å². The highest BCUT2D eigenvalue weighted by Crippen LogP contribution is 2.49. The van der Waals surface area contributed by atoms with Gasteiger partial charge in [-0.15, -0.1) is 0 Å². The largest absolute Gasteiger partial charge is 0.481 e. The Bertz CT molecular complexity index is 1400. The molecule has 0 aliphatic heterocycles. The van der Waals surface area contributed by atoms with E-state index in [4.69, 9.17) is 16.5 Å². The minimum absolute atomic E-state index is 0.137. The van der Waals surface area contributed by atoms with E-state index >= 15 is 0 Å². The maximum atomic E-state index is 12.3. The fourth-order valence-corrected chi connectivity index (χ4v) is 4.53. The van der Waals surface area contributed by atoms with Crippen LogP contribution in [-0.4, -0.2) is 31.7 Å². The Morgan fingerprint density at radius 2 is 1.76 bits per heavy atom. The molecule has 1 aliphatic carbocycles. The van der Waals surface area contributed by atoms with Crippen molar-refractivity contribution in [1.82, 2.24) is 14.8 Å². The van der Waals surface area contributed by atoms with Gasteiger partial charge in [0.1, 0.15) is 17.1 Å². The van der Waals surface area contributed by atoms with Crippen molar-refractivity contribution in [2.24, 2.45) is 11.1 Å². The molecule has 0 radical (unpaired) electrons. The van der Waals surface area contributed by atoms with Gasteiger partial charge in [-0.05, 0) is 31.9 Å². The minimum Gasteiger partial charge on any atom is -0.481 e. The number of fused-ring (bicyclic) bond motifs is 1. The fraction of sp³-hybridized carbons (Fsp3) is 0.200. The summed E-state index contributed by atoms with van der Waals surface area (Å²) in [5.74, 6) is -1.38. The number of hydrogen-bond donors (Lipinski definition) is 3. The summed E-state index contributed by atoms with van der Waals surface area (Å²) in [5.41, 5.74) is 14.9. The maximum Gasteiger partial charge on any atom is 0.309 e. The van der Waals surface area contributed by atoms with Crippen LogP contribution in [0.25, 0.3) is 33.4 Å². The van der Waals surface area contributed by atoms with Crippen molar-refractivity contribution >= 4 is 28.6 Å². The molecule has 2 aromatic carbocycles. The highest BCUT2D eigenvalue weighted by atomic mass is 16.4. The number of anilines is 1. The van der Waals surface area contributed by atoms with Crippen molar-refractivity contribution in [3.05, 3.63) is 66.2 Å². The second-order valence-electron chi connectivity index (χ2n) is 8.82. The number of hydrogen-bond acceptors (Lipinski definition) is 5. The highest BCUT2D eigenvalue weighted by molar-refractivity contribution is 6.04. The lowest BCUT2D eigenvalue weighted by Gasteiger charge is -2.41. The molecule has 2 aromatic heterocycles. The third kappa shape index (κ3) is 3.40. The zero-order valence-electron chi connectivity index (χ0n) is 18.0. The summed E-state index contributed by atoms with van der Waals surface area (Å²) in [4.78, 5) is 28.5. The number of nitrogen functional groups attached to an aromatic ring is 1. The lowest BCUT2D eigenvalue weighted by molar-refractivity contribution is -0.155. The SMILES string of the molecule is C[C@]1(C(=O)O)C[C@H](n2nc(-c3ccc4ccc(-c5ccccc5)nc4c3)c(C(N)=O)c2N)C1. The summed E-state index contributed by atoms with van der Waals surface area (Å²) in [7, 11) is 0. The predicted molar refractivity (Wildman–Crippen MR) is 125 cm³/mol. The van der Waals surface area contributed by atoms with Crippen molar-refractivity contribution < 1.29 is 14.7 Å². The first-order valence-electron chi connectivity index (χ1n) is 10.6. The maximum absolute atomic E-state index is 12.3. The van der Waals surface area contributed by atoms with Gasteiger partial charge in [-0.1, -0.05) is 48.5 Å². The van der Waals surface area contributed by atoms with Gasteiger partial charge in [0.05, 0.1) is 22.7 Å². The molecule has 166 valence electrons. The molecule has 33 heavy (non-hydrogen) atoms. The molecule has 1 amide bonds. The predicted octanol–water partition coefficient (Wildman–Crippen LogP) is 3.87. The average Bonchev–Trinajstić information content (AvgIpc) is 3.13. The van der Waals surface area contributed by atoms with Gasteiger partial charge in [0.25, 0.3) is 5.91 Å². The van der Waals surface area contributed by atoms with E-state index in [1.165, 1.54) is 4.68 Å². The summed E-state index contributed by atoms with van der Waals surface area (Å²) >= 11 is 0. The Kier molecular flexibility index (Phi) is 4.67. The summed E-state index contributed by atoms with van der Waals surface area (Å²) in [6, 6.07) is 19.3. The number of benzene rings is 2. The molecular formula is C25H23N5O3. The topological polar surface area (TPSA) is 137 Å². The normalized spacial score (nSPS) is 19.8. The molecule has 4 aromatic rings. The van der Waals surface area contributed by atoms with E-state index < -0.39 is 17.3 Å². The van der Waals surface area contributed by atoms with Gasteiger partial charge in [0, 0.05) is 16.5 Å². The molecule has 0 unspecified atom stereocenters. The third-order valence-electron chi connectivity index (χ3n) is 6.46. The van der Waals surface area contributed by atoms with Crippen LogP contribution in [0.5, 0.6) is 0 Å². The first-order valence-corrected chi connectivity index (χ1v) is 10.6. The number of primary amides is 1. The number of aliphatic carboxylic acids is 1. The smallest absolute Gasteiger partial charge is 0.309 e. The van der Waals surface area contributed by atoms with Crippen LogP contribution in [0.3, 0.4) is 0 Å². The number of pyridine rings is 1. The Labute approximate surface area is 189 Å². The number of carbonyl (C=O) groups is 2. The Morgan fingerprint density at radius 3 is 2.42 bits per heavy atom. The van der Waals surface area contributed by atoms with Gasteiger partial charge in [0.2, 0.25) is 0 Å². The molecular weight excluding hydrogens is 418 g/mol. The Balaban J connectivity index is 1.57. The van der Waals surface area contributed by atoms with Crippen LogP contribution in [0.15, 0.2) is 60.7 Å². The first kappa shape index (κ1) is 20.7. The molecule has 1 saturated carbocycles. The monoisotopic (exact) mass is 441 g/mol.